The summed E-state index contributed by atoms with van der Waals surface area (Å²) in [6, 6.07) is 7.82. The van der Waals surface area contributed by atoms with Gasteiger partial charge in [-0.3, -0.25) is 4.79 Å². The zero-order valence-corrected chi connectivity index (χ0v) is 13.7. The molecule has 0 aliphatic carbocycles. The zero-order chi connectivity index (χ0) is 16.8. The van der Waals surface area contributed by atoms with Gasteiger partial charge in [-0.2, -0.15) is 4.98 Å². The molecule has 0 unspecified atom stereocenters. The van der Waals surface area contributed by atoms with Gasteiger partial charge in [0.05, 0.1) is 6.54 Å². The predicted octanol–water partition coefficient (Wildman–Crippen LogP) is 1.61. The second kappa shape index (κ2) is 8.03. The lowest BCUT2D eigenvalue weighted by molar-refractivity contribution is 0.0949. The lowest BCUT2D eigenvalue weighted by Gasteiger charge is -2.23. The molecule has 0 bridgehead atoms. The molecule has 1 aliphatic rings. The molecule has 1 aromatic carbocycles. The first-order valence-electron chi connectivity index (χ1n) is 8.15. The van der Waals surface area contributed by atoms with Crippen LogP contribution < -0.4 is 10.6 Å². The normalized spacial score (nSPS) is 17.6. The molecule has 2 aromatic rings. The van der Waals surface area contributed by atoms with Crippen molar-refractivity contribution >= 4 is 5.91 Å². The molecule has 2 N–H and O–H groups in total. The molecule has 128 valence electrons. The molecule has 3 rings (SSSR count). The van der Waals surface area contributed by atoms with Gasteiger partial charge in [0.2, 0.25) is 0 Å². The summed E-state index contributed by atoms with van der Waals surface area (Å²) in [5.74, 6) is 1.16. The van der Waals surface area contributed by atoms with E-state index in [2.05, 4.69) is 26.8 Å². The molecule has 1 aromatic heterocycles. The van der Waals surface area contributed by atoms with Crippen molar-refractivity contribution in [3.8, 4) is 0 Å². The molecule has 1 atom stereocenters. The molecule has 0 radical (unpaired) electrons. The van der Waals surface area contributed by atoms with Crippen LogP contribution in [0.2, 0.25) is 0 Å². The van der Waals surface area contributed by atoms with E-state index in [-0.39, 0.29) is 19.1 Å². The number of carbonyl (C=O) groups excluding carboxylic acids is 1. The van der Waals surface area contributed by atoms with Gasteiger partial charge >= 0.3 is 0 Å². The third-order valence-electron chi connectivity index (χ3n) is 4.10. The number of hydrogen-bond donors (Lipinski definition) is 2. The predicted molar refractivity (Wildman–Crippen MR) is 87.5 cm³/mol. The van der Waals surface area contributed by atoms with E-state index in [1.807, 2.05) is 18.2 Å². The topological polar surface area (TPSA) is 89.3 Å². The molecule has 2 heterocycles. The maximum Gasteiger partial charge on any atom is 0.252 e. The molecule has 7 heteroatoms. The van der Waals surface area contributed by atoms with Gasteiger partial charge in [-0.25, -0.2) is 0 Å². The highest BCUT2D eigenvalue weighted by Crippen LogP contribution is 2.23. The maximum atomic E-state index is 12.3. The van der Waals surface area contributed by atoms with E-state index < -0.39 is 0 Å². The van der Waals surface area contributed by atoms with Crippen LogP contribution in [0.3, 0.4) is 0 Å². The van der Waals surface area contributed by atoms with E-state index in [1.54, 1.807) is 7.11 Å². The highest BCUT2D eigenvalue weighted by atomic mass is 16.5. The number of ether oxygens (including phenoxy) is 1. The summed E-state index contributed by atoms with van der Waals surface area (Å²) in [6.45, 7) is 2.53. The summed E-state index contributed by atoms with van der Waals surface area (Å²) in [5, 5.41) is 10.0. The van der Waals surface area contributed by atoms with Crippen molar-refractivity contribution in [2.24, 2.45) is 0 Å². The van der Waals surface area contributed by atoms with Gasteiger partial charge in [0, 0.05) is 19.2 Å². The minimum atomic E-state index is -0.140. The van der Waals surface area contributed by atoms with Crippen LogP contribution in [0.4, 0.5) is 0 Å². The highest BCUT2D eigenvalue weighted by molar-refractivity contribution is 5.94. The third kappa shape index (κ3) is 4.18. The number of benzene rings is 1. The summed E-state index contributed by atoms with van der Waals surface area (Å²) in [7, 11) is 1.56. The molecule has 1 aliphatic heterocycles. The summed E-state index contributed by atoms with van der Waals surface area (Å²) in [4.78, 5) is 16.5. The molecule has 0 spiro atoms. The molecule has 7 nitrogen and oxygen atoms in total. The molecule has 0 saturated carbocycles. The largest absolute Gasteiger partial charge is 0.375 e. The number of methoxy groups -OCH3 is 1. The van der Waals surface area contributed by atoms with E-state index in [1.165, 1.54) is 12.0 Å². The first-order valence-corrected chi connectivity index (χ1v) is 8.15. The van der Waals surface area contributed by atoms with Gasteiger partial charge in [0.25, 0.3) is 11.8 Å². The standard InChI is InChI=1S/C17H22N4O3/c1-23-11-16-20-15(21-24-16)10-19-17(22)13-5-2-4-12(8-13)14-6-3-7-18-9-14/h2,4-5,8,14,18H,3,6-7,9-11H2,1H3,(H,19,22)/t14-/m1/s1. The second-order valence-corrected chi connectivity index (χ2v) is 5.89. The lowest BCUT2D eigenvalue weighted by Crippen LogP contribution is -2.28. The van der Waals surface area contributed by atoms with Crippen LogP contribution in [0.15, 0.2) is 28.8 Å². The van der Waals surface area contributed by atoms with Crippen molar-refractivity contribution in [2.75, 3.05) is 20.2 Å². The number of piperidine rings is 1. The number of carbonyl (C=O) groups is 1. The average Bonchev–Trinajstić information content (AvgIpc) is 3.08. The monoisotopic (exact) mass is 330 g/mol. The minimum absolute atomic E-state index is 0.140. The summed E-state index contributed by atoms with van der Waals surface area (Å²) in [5.41, 5.74) is 1.86. The van der Waals surface area contributed by atoms with E-state index in [0.29, 0.717) is 23.2 Å². The Hall–Kier alpha value is -2.25. The molecular weight excluding hydrogens is 308 g/mol. The fourth-order valence-corrected chi connectivity index (χ4v) is 2.88. The SMILES string of the molecule is COCc1nc(CNC(=O)c2cccc([C@@H]3CCCNC3)c2)no1. The van der Waals surface area contributed by atoms with Crippen molar-refractivity contribution in [3.05, 3.63) is 47.1 Å². The molecule has 1 amide bonds. The number of nitrogens with zero attached hydrogens (tertiary/aromatic N) is 2. The molecule has 24 heavy (non-hydrogen) atoms. The van der Waals surface area contributed by atoms with Crippen LogP contribution in [-0.2, 0) is 17.9 Å². The first-order chi connectivity index (χ1) is 11.8. The van der Waals surface area contributed by atoms with Crippen molar-refractivity contribution < 1.29 is 14.1 Å². The number of rotatable bonds is 6. The van der Waals surface area contributed by atoms with Crippen molar-refractivity contribution in [2.45, 2.75) is 31.9 Å². The lowest BCUT2D eigenvalue weighted by atomic mass is 9.90. The van der Waals surface area contributed by atoms with Gasteiger partial charge in [0.15, 0.2) is 5.82 Å². The van der Waals surface area contributed by atoms with Crippen LogP contribution in [0, 0.1) is 0 Å². The van der Waals surface area contributed by atoms with E-state index in [4.69, 9.17) is 9.26 Å². The smallest absolute Gasteiger partial charge is 0.252 e. The van der Waals surface area contributed by atoms with Crippen molar-refractivity contribution in [1.82, 2.24) is 20.8 Å². The zero-order valence-electron chi connectivity index (χ0n) is 13.7. The van der Waals surface area contributed by atoms with Gasteiger partial charge in [0.1, 0.15) is 6.61 Å². The van der Waals surface area contributed by atoms with Crippen molar-refractivity contribution in [1.29, 1.82) is 0 Å². The highest BCUT2D eigenvalue weighted by Gasteiger charge is 2.16. The molecule has 1 fully saturated rings. The van der Waals surface area contributed by atoms with E-state index >= 15 is 0 Å². The number of aromatic nitrogens is 2. The summed E-state index contributed by atoms with van der Waals surface area (Å²) < 4.78 is 9.92. The minimum Gasteiger partial charge on any atom is -0.375 e. The van der Waals surface area contributed by atoms with Crippen LogP contribution in [0.25, 0.3) is 0 Å². The van der Waals surface area contributed by atoms with Gasteiger partial charge in [-0.15, -0.1) is 0 Å². The van der Waals surface area contributed by atoms with Gasteiger partial charge in [-0.1, -0.05) is 17.3 Å². The molecule has 1 saturated heterocycles. The fraction of sp³-hybridized carbons (Fsp3) is 0.471. The maximum absolute atomic E-state index is 12.3. The third-order valence-corrected chi connectivity index (χ3v) is 4.10. The number of nitrogens with one attached hydrogen (secondary N) is 2. The Balaban J connectivity index is 1.59. The second-order valence-electron chi connectivity index (χ2n) is 5.89. The van der Waals surface area contributed by atoms with Crippen molar-refractivity contribution in [3.63, 3.8) is 0 Å². The Morgan fingerprint density at radius 3 is 3.21 bits per heavy atom. The van der Waals surface area contributed by atoms with E-state index in [0.717, 1.165) is 19.5 Å². The van der Waals surface area contributed by atoms with Crippen LogP contribution in [0.1, 0.15) is 46.4 Å². The fourth-order valence-electron chi connectivity index (χ4n) is 2.88. The Labute approximate surface area is 140 Å². The quantitative estimate of drug-likeness (QED) is 0.836. The van der Waals surface area contributed by atoms with E-state index in [9.17, 15) is 4.79 Å². The average molecular weight is 330 g/mol. The van der Waals surface area contributed by atoms with Gasteiger partial charge < -0.3 is 19.9 Å². The van der Waals surface area contributed by atoms with Crippen LogP contribution in [0.5, 0.6) is 0 Å². The summed E-state index contributed by atoms with van der Waals surface area (Å²) in [6.07, 6.45) is 2.33. The molecular formula is C17H22N4O3. The van der Waals surface area contributed by atoms with Gasteiger partial charge in [-0.05, 0) is 43.0 Å². The Morgan fingerprint density at radius 1 is 1.50 bits per heavy atom. The first kappa shape index (κ1) is 16.6. The Kier molecular flexibility index (Phi) is 5.55. The van der Waals surface area contributed by atoms with Crippen LogP contribution >= 0.6 is 0 Å². The van der Waals surface area contributed by atoms with Crippen LogP contribution in [-0.4, -0.2) is 36.2 Å². The number of amides is 1. The Morgan fingerprint density at radius 2 is 2.42 bits per heavy atom. The Bertz CT molecular complexity index is 680. The number of hydrogen-bond acceptors (Lipinski definition) is 6. The summed E-state index contributed by atoms with van der Waals surface area (Å²) >= 11 is 0.